The summed E-state index contributed by atoms with van der Waals surface area (Å²) < 4.78 is 37.5. The number of carbonyl (C=O) groups is 1. The molecule has 0 fully saturated rings. The van der Waals surface area contributed by atoms with Crippen LogP contribution in [0.4, 0.5) is 13.2 Å². The van der Waals surface area contributed by atoms with Crippen LogP contribution < -0.4 is 5.73 Å². The van der Waals surface area contributed by atoms with E-state index in [1.165, 1.54) is 25.1 Å². The summed E-state index contributed by atoms with van der Waals surface area (Å²) in [4.78, 5) is 10.5. The first kappa shape index (κ1) is 12.3. The predicted octanol–water partition coefficient (Wildman–Crippen LogP) is 2.51. The lowest BCUT2D eigenvalue weighted by Gasteiger charge is -2.11. The molecular weight excluding hydrogens is 219 g/mol. The Morgan fingerprint density at radius 2 is 2.00 bits per heavy atom. The van der Waals surface area contributed by atoms with Crippen LogP contribution in [-0.2, 0) is 11.0 Å². The van der Waals surface area contributed by atoms with Gasteiger partial charge < -0.3 is 5.73 Å². The standard InChI is InChI=1S/C11H10F3NO/c1-7-8(5-6-10(15)16)3-2-4-9(7)11(12,13)14/h2-6H,1H3,(H2,15,16)/b6-5+. The van der Waals surface area contributed by atoms with Gasteiger partial charge in [0.2, 0.25) is 5.91 Å². The fourth-order valence-corrected chi connectivity index (χ4v) is 1.31. The molecule has 0 heterocycles. The van der Waals surface area contributed by atoms with Crippen molar-refractivity contribution in [2.75, 3.05) is 0 Å². The molecule has 5 heteroatoms. The van der Waals surface area contributed by atoms with Crippen LogP contribution in [-0.4, -0.2) is 5.91 Å². The average Bonchev–Trinajstić information content (AvgIpc) is 2.14. The maximum atomic E-state index is 12.5. The van der Waals surface area contributed by atoms with Crippen molar-refractivity contribution in [1.29, 1.82) is 0 Å². The Labute approximate surface area is 90.6 Å². The second-order valence-corrected chi connectivity index (χ2v) is 3.25. The van der Waals surface area contributed by atoms with Gasteiger partial charge in [-0.3, -0.25) is 4.79 Å². The molecule has 0 spiro atoms. The number of halogens is 3. The Bertz CT molecular complexity index is 435. The van der Waals surface area contributed by atoms with Crippen molar-refractivity contribution in [1.82, 2.24) is 0 Å². The summed E-state index contributed by atoms with van der Waals surface area (Å²) in [5, 5.41) is 0. The lowest BCUT2D eigenvalue weighted by Crippen LogP contribution is -2.08. The van der Waals surface area contributed by atoms with Gasteiger partial charge in [-0.2, -0.15) is 13.2 Å². The highest BCUT2D eigenvalue weighted by Gasteiger charge is 2.32. The number of alkyl halides is 3. The van der Waals surface area contributed by atoms with Gasteiger partial charge in [0.25, 0.3) is 0 Å². The van der Waals surface area contributed by atoms with Gasteiger partial charge in [0.1, 0.15) is 0 Å². The molecule has 0 aliphatic rings. The van der Waals surface area contributed by atoms with Gasteiger partial charge in [0.05, 0.1) is 5.56 Å². The topological polar surface area (TPSA) is 43.1 Å². The molecule has 2 N–H and O–H groups in total. The lowest BCUT2D eigenvalue weighted by atomic mass is 10.0. The van der Waals surface area contributed by atoms with Crippen LogP contribution in [0.2, 0.25) is 0 Å². The van der Waals surface area contributed by atoms with Crippen LogP contribution in [0.1, 0.15) is 16.7 Å². The third kappa shape index (κ3) is 2.85. The Morgan fingerprint density at radius 3 is 2.50 bits per heavy atom. The zero-order chi connectivity index (χ0) is 12.3. The van der Waals surface area contributed by atoms with E-state index in [0.717, 1.165) is 12.1 Å². The highest BCUT2D eigenvalue weighted by molar-refractivity contribution is 5.90. The first-order chi connectivity index (χ1) is 7.32. The molecular formula is C11H10F3NO. The van der Waals surface area contributed by atoms with Crippen LogP contribution >= 0.6 is 0 Å². The van der Waals surface area contributed by atoms with Crippen molar-refractivity contribution >= 4 is 12.0 Å². The lowest BCUT2D eigenvalue weighted by molar-refractivity contribution is -0.138. The Kier molecular flexibility index (Phi) is 3.37. The Hall–Kier alpha value is -1.78. The van der Waals surface area contributed by atoms with Crippen molar-refractivity contribution in [3.63, 3.8) is 0 Å². The molecule has 0 saturated heterocycles. The number of primary amides is 1. The molecule has 1 aromatic carbocycles. The van der Waals surface area contributed by atoms with Gasteiger partial charge in [-0.1, -0.05) is 12.1 Å². The van der Waals surface area contributed by atoms with Crippen molar-refractivity contribution < 1.29 is 18.0 Å². The minimum absolute atomic E-state index is 0.0764. The normalized spacial score (nSPS) is 12.0. The molecule has 0 bridgehead atoms. The van der Waals surface area contributed by atoms with E-state index < -0.39 is 17.6 Å². The SMILES string of the molecule is Cc1c(/C=C/C(N)=O)cccc1C(F)(F)F. The van der Waals surface area contributed by atoms with E-state index in [2.05, 4.69) is 0 Å². The van der Waals surface area contributed by atoms with Gasteiger partial charge in [-0.25, -0.2) is 0 Å². The molecule has 0 aliphatic carbocycles. The fraction of sp³-hybridized carbons (Fsp3) is 0.182. The molecule has 0 radical (unpaired) electrons. The van der Waals surface area contributed by atoms with Crippen molar-refractivity contribution in [2.24, 2.45) is 5.73 Å². The second kappa shape index (κ2) is 4.38. The molecule has 0 aliphatic heterocycles. The van der Waals surface area contributed by atoms with E-state index in [0.29, 0.717) is 5.56 Å². The third-order valence-electron chi connectivity index (χ3n) is 2.11. The highest BCUT2D eigenvalue weighted by Crippen LogP contribution is 2.33. The van der Waals surface area contributed by atoms with E-state index in [-0.39, 0.29) is 5.56 Å². The molecule has 2 nitrogen and oxygen atoms in total. The summed E-state index contributed by atoms with van der Waals surface area (Å²) in [7, 11) is 0. The zero-order valence-electron chi connectivity index (χ0n) is 8.51. The number of benzene rings is 1. The Balaban J connectivity index is 3.19. The molecule has 16 heavy (non-hydrogen) atoms. The summed E-state index contributed by atoms with van der Waals surface area (Å²) in [6.07, 6.45) is -2.09. The summed E-state index contributed by atoms with van der Waals surface area (Å²) in [6, 6.07) is 3.78. The van der Waals surface area contributed by atoms with E-state index in [1.807, 2.05) is 0 Å². The van der Waals surface area contributed by atoms with Crippen LogP contribution in [0.3, 0.4) is 0 Å². The summed E-state index contributed by atoms with van der Waals surface area (Å²) >= 11 is 0. The van der Waals surface area contributed by atoms with Crippen molar-refractivity contribution in [2.45, 2.75) is 13.1 Å². The molecule has 0 atom stereocenters. The minimum Gasteiger partial charge on any atom is -0.366 e. The molecule has 1 aromatic rings. The first-order valence-electron chi connectivity index (χ1n) is 4.46. The Morgan fingerprint density at radius 1 is 1.38 bits per heavy atom. The van der Waals surface area contributed by atoms with Crippen molar-refractivity contribution in [3.8, 4) is 0 Å². The predicted molar refractivity (Wildman–Crippen MR) is 54.4 cm³/mol. The van der Waals surface area contributed by atoms with E-state index in [4.69, 9.17) is 5.73 Å². The fourth-order valence-electron chi connectivity index (χ4n) is 1.31. The number of rotatable bonds is 2. The quantitative estimate of drug-likeness (QED) is 0.778. The van der Waals surface area contributed by atoms with Crippen LogP contribution in [0.15, 0.2) is 24.3 Å². The minimum atomic E-state index is -4.39. The summed E-state index contributed by atoms with van der Waals surface area (Å²) in [5.74, 6) is -0.697. The number of nitrogens with two attached hydrogens (primary N) is 1. The van der Waals surface area contributed by atoms with Gasteiger partial charge in [0, 0.05) is 6.08 Å². The summed E-state index contributed by atoms with van der Waals surface area (Å²) in [6.45, 7) is 1.35. The number of amides is 1. The maximum absolute atomic E-state index is 12.5. The number of carbonyl (C=O) groups excluding carboxylic acids is 1. The first-order valence-corrected chi connectivity index (χ1v) is 4.46. The van der Waals surface area contributed by atoms with E-state index >= 15 is 0 Å². The van der Waals surface area contributed by atoms with Gasteiger partial charge in [-0.15, -0.1) is 0 Å². The third-order valence-corrected chi connectivity index (χ3v) is 2.11. The smallest absolute Gasteiger partial charge is 0.366 e. The molecule has 0 unspecified atom stereocenters. The maximum Gasteiger partial charge on any atom is 0.416 e. The number of hydrogen-bond donors (Lipinski definition) is 1. The monoisotopic (exact) mass is 229 g/mol. The van der Waals surface area contributed by atoms with Crippen LogP contribution in [0.25, 0.3) is 6.08 Å². The average molecular weight is 229 g/mol. The molecule has 0 saturated carbocycles. The number of hydrogen-bond acceptors (Lipinski definition) is 1. The van der Waals surface area contributed by atoms with Gasteiger partial charge in [-0.05, 0) is 30.2 Å². The van der Waals surface area contributed by atoms with Gasteiger partial charge >= 0.3 is 6.18 Å². The van der Waals surface area contributed by atoms with Crippen LogP contribution in [0.5, 0.6) is 0 Å². The molecule has 86 valence electrons. The largest absolute Gasteiger partial charge is 0.416 e. The van der Waals surface area contributed by atoms with E-state index in [9.17, 15) is 18.0 Å². The van der Waals surface area contributed by atoms with Crippen LogP contribution in [0, 0.1) is 6.92 Å². The van der Waals surface area contributed by atoms with Gasteiger partial charge in [0.15, 0.2) is 0 Å². The molecule has 1 amide bonds. The highest BCUT2D eigenvalue weighted by atomic mass is 19.4. The molecule has 1 rings (SSSR count). The zero-order valence-corrected chi connectivity index (χ0v) is 8.51. The molecule has 0 aromatic heterocycles. The second-order valence-electron chi connectivity index (χ2n) is 3.25. The van der Waals surface area contributed by atoms with E-state index in [1.54, 1.807) is 0 Å². The summed E-state index contributed by atoms with van der Waals surface area (Å²) in [5.41, 5.74) is 4.56. The van der Waals surface area contributed by atoms with Crippen molar-refractivity contribution in [3.05, 3.63) is 41.0 Å².